The Morgan fingerprint density at radius 2 is 1.74 bits per heavy atom. The predicted molar refractivity (Wildman–Crippen MR) is 93.2 cm³/mol. The van der Waals surface area contributed by atoms with Gasteiger partial charge in [-0.1, -0.05) is 48.6 Å². The first kappa shape index (κ1) is 16.4. The van der Waals surface area contributed by atoms with E-state index in [4.69, 9.17) is 9.47 Å². The van der Waals surface area contributed by atoms with Gasteiger partial charge in [-0.15, -0.1) is 0 Å². The summed E-state index contributed by atoms with van der Waals surface area (Å²) >= 11 is 0. The lowest BCUT2D eigenvalue weighted by atomic mass is 10.1. The van der Waals surface area contributed by atoms with Gasteiger partial charge in [0.2, 0.25) is 0 Å². The molecule has 0 aromatic heterocycles. The van der Waals surface area contributed by atoms with Gasteiger partial charge in [0.25, 0.3) is 0 Å². The van der Waals surface area contributed by atoms with Crippen LogP contribution in [-0.2, 0) is 0 Å². The second-order valence-corrected chi connectivity index (χ2v) is 4.91. The van der Waals surface area contributed by atoms with Crippen molar-refractivity contribution in [2.24, 2.45) is 0 Å². The van der Waals surface area contributed by atoms with Crippen LogP contribution in [0.1, 0.15) is 17.5 Å². The summed E-state index contributed by atoms with van der Waals surface area (Å²) in [6.45, 7) is 0. The zero-order valence-corrected chi connectivity index (χ0v) is 13.3. The van der Waals surface area contributed by atoms with Crippen molar-refractivity contribution < 1.29 is 9.47 Å². The molecule has 3 nitrogen and oxygen atoms in total. The minimum absolute atomic E-state index is 0.583. The highest BCUT2D eigenvalue weighted by Crippen LogP contribution is 2.28. The Hall–Kier alpha value is -2.99. The molecule has 0 amide bonds. The third kappa shape index (κ3) is 4.76. The minimum atomic E-state index is 0.583. The summed E-state index contributed by atoms with van der Waals surface area (Å²) in [5.74, 6) is 1.32. The van der Waals surface area contributed by atoms with Gasteiger partial charge in [0, 0.05) is 12.0 Å². The van der Waals surface area contributed by atoms with Crippen LogP contribution in [0.3, 0.4) is 0 Å². The molecule has 0 bridgehead atoms. The molecule has 0 radical (unpaired) electrons. The molecular weight excluding hydrogens is 286 g/mol. The van der Waals surface area contributed by atoms with E-state index in [1.54, 1.807) is 14.2 Å². The van der Waals surface area contributed by atoms with Crippen molar-refractivity contribution in [3.8, 4) is 17.6 Å². The van der Waals surface area contributed by atoms with Gasteiger partial charge < -0.3 is 9.47 Å². The molecule has 116 valence electrons. The molecule has 0 saturated carbocycles. The third-order valence-corrected chi connectivity index (χ3v) is 3.34. The molecule has 0 unspecified atom stereocenters. The van der Waals surface area contributed by atoms with Crippen LogP contribution >= 0.6 is 0 Å². The Labute approximate surface area is 137 Å². The standard InChI is InChI=1S/C20H19NO2/c1-22-19-12-11-17(14-20(19)23-2)13-18(15-21)10-6-9-16-7-4-3-5-8-16/h3-9,11-14H,10H2,1-2H3/b9-6+,18-13-. The number of hydrogen-bond acceptors (Lipinski definition) is 3. The highest BCUT2D eigenvalue weighted by molar-refractivity contribution is 5.62. The fourth-order valence-corrected chi connectivity index (χ4v) is 2.17. The van der Waals surface area contributed by atoms with E-state index in [1.165, 1.54) is 0 Å². The van der Waals surface area contributed by atoms with Crippen LogP contribution in [0, 0.1) is 11.3 Å². The van der Waals surface area contributed by atoms with Gasteiger partial charge in [0.1, 0.15) is 0 Å². The highest BCUT2D eigenvalue weighted by atomic mass is 16.5. The Morgan fingerprint density at radius 3 is 2.39 bits per heavy atom. The first-order chi connectivity index (χ1) is 11.3. The topological polar surface area (TPSA) is 42.2 Å². The predicted octanol–water partition coefficient (Wildman–Crippen LogP) is 4.71. The fraction of sp³-hybridized carbons (Fsp3) is 0.150. The molecule has 2 aromatic carbocycles. The third-order valence-electron chi connectivity index (χ3n) is 3.34. The monoisotopic (exact) mass is 305 g/mol. The second-order valence-electron chi connectivity index (χ2n) is 4.91. The van der Waals surface area contributed by atoms with E-state index >= 15 is 0 Å². The van der Waals surface area contributed by atoms with Crippen LogP contribution in [0.5, 0.6) is 11.5 Å². The van der Waals surface area contributed by atoms with Crippen molar-refractivity contribution in [3.05, 3.63) is 71.3 Å². The van der Waals surface area contributed by atoms with E-state index < -0.39 is 0 Å². The maximum atomic E-state index is 9.30. The molecule has 0 saturated heterocycles. The molecule has 0 fully saturated rings. The number of benzene rings is 2. The number of nitrogens with zero attached hydrogens (tertiary/aromatic N) is 1. The molecule has 0 N–H and O–H groups in total. The number of ether oxygens (including phenoxy) is 2. The number of hydrogen-bond donors (Lipinski definition) is 0. The van der Waals surface area contributed by atoms with Crippen molar-refractivity contribution in [2.75, 3.05) is 14.2 Å². The number of methoxy groups -OCH3 is 2. The molecular formula is C20H19NO2. The Bertz CT molecular complexity index is 740. The molecule has 23 heavy (non-hydrogen) atoms. The number of rotatable bonds is 6. The Balaban J connectivity index is 2.13. The van der Waals surface area contributed by atoms with Gasteiger partial charge in [-0.3, -0.25) is 0 Å². The quantitative estimate of drug-likeness (QED) is 0.726. The summed E-state index contributed by atoms with van der Waals surface area (Å²) in [5, 5.41) is 9.30. The molecule has 0 atom stereocenters. The minimum Gasteiger partial charge on any atom is -0.493 e. The lowest BCUT2D eigenvalue weighted by Crippen LogP contribution is -1.90. The van der Waals surface area contributed by atoms with Crippen LogP contribution in [0.25, 0.3) is 12.2 Å². The first-order valence-corrected chi connectivity index (χ1v) is 7.31. The summed E-state index contributed by atoms with van der Waals surface area (Å²) in [6.07, 6.45) is 6.45. The summed E-state index contributed by atoms with van der Waals surface area (Å²) in [7, 11) is 3.20. The summed E-state index contributed by atoms with van der Waals surface area (Å²) in [6, 6.07) is 17.9. The van der Waals surface area contributed by atoms with Crippen LogP contribution in [-0.4, -0.2) is 14.2 Å². The number of allylic oxidation sites excluding steroid dienone is 2. The molecule has 3 heteroatoms. The molecule has 0 aliphatic heterocycles. The maximum Gasteiger partial charge on any atom is 0.161 e. The van der Waals surface area contributed by atoms with Crippen molar-refractivity contribution >= 4 is 12.2 Å². The highest BCUT2D eigenvalue weighted by Gasteiger charge is 2.04. The largest absolute Gasteiger partial charge is 0.493 e. The Morgan fingerprint density at radius 1 is 1.00 bits per heavy atom. The fourth-order valence-electron chi connectivity index (χ4n) is 2.17. The van der Waals surface area contributed by atoms with Crippen molar-refractivity contribution in [1.82, 2.24) is 0 Å². The van der Waals surface area contributed by atoms with Crippen LogP contribution in [0.4, 0.5) is 0 Å². The van der Waals surface area contributed by atoms with E-state index in [0.29, 0.717) is 23.5 Å². The van der Waals surface area contributed by atoms with Gasteiger partial charge in [-0.2, -0.15) is 5.26 Å². The Kier molecular flexibility index (Phi) is 6.02. The average Bonchev–Trinajstić information content (AvgIpc) is 2.61. The van der Waals surface area contributed by atoms with E-state index in [0.717, 1.165) is 11.1 Å². The van der Waals surface area contributed by atoms with Crippen LogP contribution in [0.2, 0.25) is 0 Å². The van der Waals surface area contributed by atoms with E-state index in [1.807, 2.05) is 66.8 Å². The first-order valence-electron chi connectivity index (χ1n) is 7.31. The molecule has 0 spiro atoms. The van der Waals surface area contributed by atoms with Gasteiger partial charge >= 0.3 is 0 Å². The zero-order chi connectivity index (χ0) is 16.5. The smallest absolute Gasteiger partial charge is 0.161 e. The lowest BCUT2D eigenvalue weighted by Gasteiger charge is -2.07. The summed E-state index contributed by atoms with van der Waals surface area (Å²) in [4.78, 5) is 0. The van der Waals surface area contributed by atoms with E-state index in [2.05, 4.69) is 6.07 Å². The lowest BCUT2D eigenvalue weighted by molar-refractivity contribution is 0.355. The van der Waals surface area contributed by atoms with Crippen LogP contribution < -0.4 is 9.47 Å². The van der Waals surface area contributed by atoms with Crippen molar-refractivity contribution in [1.29, 1.82) is 5.26 Å². The van der Waals surface area contributed by atoms with Gasteiger partial charge in [0.15, 0.2) is 11.5 Å². The van der Waals surface area contributed by atoms with Gasteiger partial charge in [0.05, 0.1) is 20.3 Å². The molecule has 0 heterocycles. The SMILES string of the molecule is COc1ccc(/C=C(\C#N)C/C=C/c2ccccc2)cc1OC. The van der Waals surface area contributed by atoms with Crippen molar-refractivity contribution in [2.45, 2.75) is 6.42 Å². The van der Waals surface area contributed by atoms with Crippen LogP contribution in [0.15, 0.2) is 60.2 Å². The van der Waals surface area contributed by atoms with E-state index in [-0.39, 0.29) is 0 Å². The summed E-state index contributed by atoms with van der Waals surface area (Å²) < 4.78 is 10.5. The molecule has 0 aliphatic rings. The van der Waals surface area contributed by atoms with Gasteiger partial charge in [-0.25, -0.2) is 0 Å². The second kappa shape index (κ2) is 8.45. The van der Waals surface area contributed by atoms with E-state index in [9.17, 15) is 5.26 Å². The number of nitriles is 1. The van der Waals surface area contributed by atoms with Crippen molar-refractivity contribution in [3.63, 3.8) is 0 Å². The normalized spacial score (nSPS) is 11.3. The molecule has 2 rings (SSSR count). The zero-order valence-electron chi connectivity index (χ0n) is 13.3. The maximum absolute atomic E-state index is 9.30. The van der Waals surface area contributed by atoms with Gasteiger partial charge in [-0.05, 0) is 29.3 Å². The average molecular weight is 305 g/mol. The molecule has 2 aromatic rings. The summed E-state index contributed by atoms with van der Waals surface area (Å²) in [5.41, 5.74) is 2.72. The molecule has 0 aliphatic carbocycles.